The van der Waals surface area contributed by atoms with Crippen molar-refractivity contribution in [3.8, 4) is 5.88 Å². The predicted molar refractivity (Wildman–Crippen MR) is 94.7 cm³/mol. The van der Waals surface area contributed by atoms with Gasteiger partial charge >= 0.3 is 12.1 Å². The summed E-state index contributed by atoms with van der Waals surface area (Å²) in [5.41, 5.74) is -0.350. The van der Waals surface area contributed by atoms with Crippen molar-refractivity contribution >= 4 is 16.7 Å². The van der Waals surface area contributed by atoms with E-state index in [2.05, 4.69) is 14.9 Å². The Kier molecular flexibility index (Phi) is 8.77. The fraction of sp³-hybridized carbons (Fsp3) is 0.500. The standard InChI is InChI=1S/C16H17F3N2O4.C2H6/c1-10(22)25-13(16(17,18)19)8-4-5-9-24-15-12-7-3-2-6-11(12)14(23)20-21-15;1-2/h2-3,6-7,13H,4-5,8-9H2,1H3,(H,20,23);1-2H3. The number of unbranched alkanes of at least 4 members (excludes halogenated alkanes) is 1. The second-order valence-corrected chi connectivity index (χ2v) is 5.39. The van der Waals surface area contributed by atoms with Crippen molar-refractivity contribution in [3.63, 3.8) is 0 Å². The first-order valence-corrected chi connectivity index (χ1v) is 8.63. The molecule has 2 rings (SSSR count). The Morgan fingerprint density at radius 1 is 1.19 bits per heavy atom. The average Bonchev–Trinajstić information content (AvgIpc) is 2.63. The first-order chi connectivity index (χ1) is 12.8. The van der Waals surface area contributed by atoms with Crippen LogP contribution in [0.2, 0.25) is 0 Å². The minimum Gasteiger partial charge on any atom is -0.476 e. The minimum atomic E-state index is -4.59. The zero-order chi connectivity index (χ0) is 20.4. The number of ether oxygens (including phenoxy) is 2. The van der Waals surface area contributed by atoms with Gasteiger partial charge in [0.05, 0.1) is 17.4 Å². The predicted octanol–water partition coefficient (Wildman–Crippen LogP) is 3.99. The van der Waals surface area contributed by atoms with Crippen molar-refractivity contribution in [2.45, 2.75) is 52.3 Å². The van der Waals surface area contributed by atoms with Crippen LogP contribution in [0.15, 0.2) is 29.1 Å². The van der Waals surface area contributed by atoms with Crippen LogP contribution in [0.1, 0.15) is 40.0 Å². The Labute approximate surface area is 154 Å². The zero-order valence-corrected chi connectivity index (χ0v) is 15.4. The molecule has 1 atom stereocenters. The number of hydrogen-bond donors (Lipinski definition) is 1. The van der Waals surface area contributed by atoms with Crippen LogP contribution < -0.4 is 10.3 Å². The number of benzene rings is 1. The number of carbonyl (C=O) groups is 1. The topological polar surface area (TPSA) is 81.3 Å². The molecular weight excluding hydrogens is 365 g/mol. The van der Waals surface area contributed by atoms with Crippen LogP contribution in [-0.4, -0.2) is 35.1 Å². The summed E-state index contributed by atoms with van der Waals surface area (Å²) in [5, 5.41) is 7.06. The lowest BCUT2D eigenvalue weighted by molar-refractivity contribution is -0.221. The van der Waals surface area contributed by atoms with E-state index in [0.29, 0.717) is 17.2 Å². The first kappa shape index (κ1) is 22.5. The molecular formula is C18H23F3N2O4. The van der Waals surface area contributed by atoms with E-state index in [-0.39, 0.29) is 30.9 Å². The van der Waals surface area contributed by atoms with E-state index in [1.165, 1.54) is 0 Å². The lowest BCUT2D eigenvalue weighted by Crippen LogP contribution is -2.33. The molecule has 0 aliphatic carbocycles. The first-order valence-electron chi connectivity index (χ1n) is 8.63. The molecule has 6 nitrogen and oxygen atoms in total. The molecule has 0 aliphatic rings. The van der Waals surface area contributed by atoms with Crippen molar-refractivity contribution < 1.29 is 27.4 Å². The monoisotopic (exact) mass is 388 g/mol. The van der Waals surface area contributed by atoms with Gasteiger partial charge in [-0.2, -0.15) is 13.2 Å². The summed E-state index contributed by atoms with van der Waals surface area (Å²) >= 11 is 0. The summed E-state index contributed by atoms with van der Waals surface area (Å²) < 4.78 is 47.9. The van der Waals surface area contributed by atoms with Gasteiger partial charge in [-0.05, 0) is 31.4 Å². The number of aromatic amines is 1. The van der Waals surface area contributed by atoms with E-state index in [1.54, 1.807) is 24.3 Å². The van der Waals surface area contributed by atoms with Crippen LogP contribution in [0.25, 0.3) is 10.8 Å². The molecule has 0 radical (unpaired) electrons. The number of carbonyl (C=O) groups excluding carboxylic acids is 1. The van der Waals surface area contributed by atoms with Gasteiger partial charge < -0.3 is 9.47 Å². The van der Waals surface area contributed by atoms with Crippen LogP contribution in [0, 0.1) is 0 Å². The summed E-state index contributed by atoms with van der Waals surface area (Å²) in [4.78, 5) is 22.4. The molecule has 1 heterocycles. The molecule has 0 spiro atoms. The van der Waals surface area contributed by atoms with Crippen molar-refractivity contribution in [2.75, 3.05) is 6.61 Å². The third-order valence-corrected chi connectivity index (χ3v) is 3.43. The molecule has 2 aromatic rings. The van der Waals surface area contributed by atoms with E-state index in [1.807, 2.05) is 13.8 Å². The number of alkyl halides is 3. The molecule has 0 aliphatic heterocycles. The van der Waals surface area contributed by atoms with Crippen molar-refractivity contribution in [1.82, 2.24) is 10.2 Å². The molecule has 150 valence electrons. The highest BCUT2D eigenvalue weighted by Crippen LogP contribution is 2.27. The SMILES string of the molecule is CC.CC(=O)OC(CCCCOc1n[nH]c(=O)c2ccccc12)C(F)(F)F. The highest BCUT2D eigenvalue weighted by molar-refractivity contribution is 5.85. The number of rotatable bonds is 7. The lowest BCUT2D eigenvalue weighted by atomic mass is 10.1. The van der Waals surface area contributed by atoms with E-state index in [9.17, 15) is 22.8 Å². The zero-order valence-electron chi connectivity index (χ0n) is 15.4. The summed E-state index contributed by atoms with van der Waals surface area (Å²) in [7, 11) is 0. The minimum absolute atomic E-state index is 0.119. The Bertz CT molecular complexity index is 790. The Balaban J connectivity index is 0.00000176. The van der Waals surface area contributed by atoms with Crippen LogP contribution in [0.3, 0.4) is 0 Å². The van der Waals surface area contributed by atoms with Gasteiger partial charge in [-0.1, -0.05) is 26.0 Å². The van der Waals surface area contributed by atoms with Crippen molar-refractivity contribution in [3.05, 3.63) is 34.6 Å². The Morgan fingerprint density at radius 3 is 2.41 bits per heavy atom. The number of halogens is 3. The summed E-state index contributed by atoms with van der Waals surface area (Å²) in [6.07, 6.45) is -6.59. The van der Waals surface area contributed by atoms with Gasteiger partial charge in [0.1, 0.15) is 0 Å². The molecule has 1 N–H and O–H groups in total. The fourth-order valence-corrected chi connectivity index (χ4v) is 2.29. The van der Waals surface area contributed by atoms with Crippen molar-refractivity contribution in [1.29, 1.82) is 0 Å². The van der Waals surface area contributed by atoms with Gasteiger partial charge in [-0.25, -0.2) is 5.10 Å². The molecule has 9 heteroatoms. The maximum atomic E-state index is 12.7. The number of H-pyrrole nitrogens is 1. The number of nitrogens with one attached hydrogen (secondary N) is 1. The Morgan fingerprint density at radius 2 is 1.81 bits per heavy atom. The third kappa shape index (κ3) is 6.92. The third-order valence-electron chi connectivity index (χ3n) is 3.43. The molecule has 0 amide bonds. The highest BCUT2D eigenvalue weighted by atomic mass is 19.4. The highest BCUT2D eigenvalue weighted by Gasteiger charge is 2.41. The number of nitrogens with zero attached hydrogens (tertiary/aromatic N) is 1. The van der Waals surface area contributed by atoms with E-state index < -0.39 is 18.2 Å². The van der Waals surface area contributed by atoms with Gasteiger partial charge in [-0.3, -0.25) is 9.59 Å². The maximum absolute atomic E-state index is 12.7. The number of hydrogen-bond acceptors (Lipinski definition) is 5. The van der Waals surface area contributed by atoms with Crippen molar-refractivity contribution in [2.24, 2.45) is 0 Å². The van der Waals surface area contributed by atoms with Crippen LogP contribution >= 0.6 is 0 Å². The van der Waals surface area contributed by atoms with Gasteiger partial charge in [0.25, 0.3) is 5.56 Å². The fourth-order valence-electron chi connectivity index (χ4n) is 2.29. The van der Waals surface area contributed by atoms with Gasteiger partial charge in [-0.15, -0.1) is 5.10 Å². The smallest absolute Gasteiger partial charge is 0.425 e. The van der Waals surface area contributed by atoms with Crippen LogP contribution in [0.5, 0.6) is 5.88 Å². The maximum Gasteiger partial charge on any atom is 0.425 e. The number of esters is 1. The molecule has 1 unspecified atom stereocenters. The van der Waals surface area contributed by atoms with E-state index in [0.717, 1.165) is 6.92 Å². The second-order valence-electron chi connectivity index (χ2n) is 5.39. The molecule has 1 aromatic heterocycles. The number of fused-ring (bicyclic) bond motifs is 1. The molecule has 0 saturated heterocycles. The van der Waals surface area contributed by atoms with Gasteiger partial charge in [0.2, 0.25) is 5.88 Å². The number of aromatic nitrogens is 2. The van der Waals surface area contributed by atoms with E-state index in [4.69, 9.17) is 4.74 Å². The molecule has 27 heavy (non-hydrogen) atoms. The van der Waals surface area contributed by atoms with Gasteiger partial charge in [0, 0.05) is 6.92 Å². The lowest BCUT2D eigenvalue weighted by Gasteiger charge is -2.19. The molecule has 0 bridgehead atoms. The molecule has 1 aromatic carbocycles. The van der Waals surface area contributed by atoms with Gasteiger partial charge in [0.15, 0.2) is 6.10 Å². The summed E-state index contributed by atoms with van der Waals surface area (Å²) in [5.74, 6) is -0.759. The Hall–Kier alpha value is -2.58. The summed E-state index contributed by atoms with van der Waals surface area (Å²) in [6.45, 7) is 5.06. The quantitative estimate of drug-likeness (QED) is 0.573. The van der Waals surface area contributed by atoms with E-state index >= 15 is 0 Å². The average molecular weight is 388 g/mol. The second kappa shape index (κ2) is 10.5. The summed E-state index contributed by atoms with van der Waals surface area (Å²) in [6, 6.07) is 6.72. The van der Waals surface area contributed by atoms with Crippen LogP contribution in [-0.2, 0) is 9.53 Å². The molecule has 0 fully saturated rings. The largest absolute Gasteiger partial charge is 0.476 e. The molecule has 0 saturated carbocycles. The normalized spacial score (nSPS) is 12.1. The van der Waals surface area contributed by atoms with Crippen LogP contribution in [0.4, 0.5) is 13.2 Å².